The molecule has 1 N–H and O–H groups in total. The fraction of sp³-hybridized carbons (Fsp3) is 0.733. The van der Waals surface area contributed by atoms with Gasteiger partial charge in [0, 0.05) is 19.6 Å². The Labute approximate surface area is 122 Å². The maximum absolute atomic E-state index is 5.54. The molecule has 114 valence electrons. The lowest BCUT2D eigenvalue weighted by atomic mass is 10.1. The van der Waals surface area contributed by atoms with Gasteiger partial charge in [-0.25, -0.2) is 9.97 Å². The van der Waals surface area contributed by atoms with Gasteiger partial charge in [0.1, 0.15) is 6.33 Å². The predicted octanol–water partition coefficient (Wildman–Crippen LogP) is 3.18. The van der Waals surface area contributed by atoms with Crippen molar-refractivity contribution in [2.45, 2.75) is 40.5 Å². The molecule has 0 aliphatic rings. The molecule has 0 fully saturated rings. The second-order valence-corrected chi connectivity index (χ2v) is 5.06. The smallest absolute Gasteiger partial charge is 0.204 e. The molecule has 0 aromatic carbocycles. The number of nitrogens with one attached hydrogen (secondary N) is 1. The first kappa shape index (κ1) is 16.5. The Balaban J connectivity index is 3.01. The van der Waals surface area contributed by atoms with Gasteiger partial charge in [0.05, 0.1) is 7.11 Å². The van der Waals surface area contributed by atoms with Crippen molar-refractivity contribution in [2.75, 3.05) is 37.0 Å². The van der Waals surface area contributed by atoms with E-state index in [0.717, 1.165) is 49.9 Å². The second-order valence-electron chi connectivity index (χ2n) is 5.06. The third-order valence-corrected chi connectivity index (χ3v) is 3.44. The van der Waals surface area contributed by atoms with Crippen molar-refractivity contribution < 1.29 is 4.74 Å². The highest BCUT2D eigenvalue weighted by Crippen LogP contribution is 2.32. The molecule has 0 aliphatic carbocycles. The van der Waals surface area contributed by atoms with Crippen LogP contribution in [0.1, 0.15) is 40.5 Å². The largest absolute Gasteiger partial charge is 0.490 e. The normalized spacial score (nSPS) is 12.1. The minimum Gasteiger partial charge on any atom is -0.490 e. The molecule has 0 bridgehead atoms. The molecule has 1 unspecified atom stereocenters. The Hall–Kier alpha value is -1.52. The number of anilines is 2. The highest BCUT2D eigenvalue weighted by atomic mass is 16.5. The van der Waals surface area contributed by atoms with Crippen molar-refractivity contribution in [3.63, 3.8) is 0 Å². The summed E-state index contributed by atoms with van der Waals surface area (Å²) in [6.07, 6.45) is 3.81. The summed E-state index contributed by atoms with van der Waals surface area (Å²) in [6.45, 7) is 11.5. The van der Waals surface area contributed by atoms with Crippen molar-refractivity contribution in [1.82, 2.24) is 9.97 Å². The number of aromatic nitrogens is 2. The number of methoxy groups -OCH3 is 1. The van der Waals surface area contributed by atoms with Crippen molar-refractivity contribution >= 4 is 11.6 Å². The van der Waals surface area contributed by atoms with Gasteiger partial charge >= 0.3 is 0 Å². The maximum Gasteiger partial charge on any atom is 0.204 e. The molecule has 0 radical (unpaired) electrons. The Morgan fingerprint density at radius 2 is 2.05 bits per heavy atom. The first-order chi connectivity index (χ1) is 9.67. The summed E-state index contributed by atoms with van der Waals surface area (Å²) in [5.41, 5.74) is 0. The van der Waals surface area contributed by atoms with Crippen molar-refractivity contribution in [3.05, 3.63) is 6.33 Å². The average Bonchev–Trinajstić information content (AvgIpc) is 2.49. The molecular weight excluding hydrogens is 252 g/mol. The van der Waals surface area contributed by atoms with Crippen molar-refractivity contribution in [1.29, 1.82) is 0 Å². The summed E-state index contributed by atoms with van der Waals surface area (Å²) in [5, 5.41) is 3.30. The van der Waals surface area contributed by atoms with E-state index in [4.69, 9.17) is 4.74 Å². The standard InChI is InChI=1S/C15H28N4O/c1-6-9-16-14-13(20-5)15(18-11-17-14)19(8-3)10-12(4)7-2/h11-12H,6-10H2,1-5H3,(H,16,17,18). The molecule has 0 spiro atoms. The van der Waals surface area contributed by atoms with Crippen LogP contribution in [0.2, 0.25) is 0 Å². The SMILES string of the molecule is CCCNc1ncnc(N(CC)CC(C)CC)c1OC. The van der Waals surface area contributed by atoms with E-state index in [-0.39, 0.29) is 0 Å². The van der Waals surface area contributed by atoms with E-state index in [1.165, 1.54) is 0 Å². The van der Waals surface area contributed by atoms with Crippen LogP contribution in [0.25, 0.3) is 0 Å². The third-order valence-electron chi connectivity index (χ3n) is 3.44. The molecule has 1 heterocycles. The zero-order valence-electron chi connectivity index (χ0n) is 13.4. The Morgan fingerprint density at radius 1 is 1.30 bits per heavy atom. The quantitative estimate of drug-likeness (QED) is 0.753. The average molecular weight is 280 g/mol. The van der Waals surface area contributed by atoms with Gasteiger partial charge in [-0.3, -0.25) is 0 Å². The summed E-state index contributed by atoms with van der Waals surface area (Å²) in [7, 11) is 1.68. The van der Waals surface area contributed by atoms with Crippen LogP contribution in [0.15, 0.2) is 6.33 Å². The Kier molecular flexibility index (Phi) is 7.12. The van der Waals surface area contributed by atoms with E-state index < -0.39 is 0 Å². The number of ether oxygens (including phenoxy) is 1. The molecule has 20 heavy (non-hydrogen) atoms. The van der Waals surface area contributed by atoms with Gasteiger partial charge in [-0.15, -0.1) is 0 Å². The van der Waals surface area contributed by atoms with Crippen LogP contribution >= 0.6 is 0 Å². The van der Waals surface area contributed by atoms with Crippen LogP contribution in [0.3, 0.4) is 0 Å². The first-order valence-corrected chi connectivity index (χ1v) is 7.55. The predicted molar refractivity (Wildman–Crippen MR) is 84.7 cm³/mol. The van der Waals surface area contributed by atoms with Crippen LogP contribution in [0, 0.1) is 5.92 Å². The fourth-order valence-corrected chi connectivity index (χ4v) is 2.02. The van der Waals surface area contributed by atoms with Gasteiger partial charge in [-0.2, -0.15) is 0 Å². The molecule has 5 heteroatoms. The van der Waals surface area contributed by atoms with E-state index in [1.54, 1.807) is 13.4 Å². The zero-order chi connectivity index (χ0) is 15.0. The monoisotopic (exact) mass is 280 g/mol. The number of hydrogen-bond donors (Lipinski definition) is 1. The van der Waals surface area contributed by atoms with Crippen LogP contribution < -0.4 is 15.0 Å². The van der Waals surface area contributed by atoms with Crippen LogP contribution in [0.4, 0.5) is 11.6 Å². The van der Waals surface area contributed by atoms with Gasteiger partial charge in [-0.1, -0.05) is 27.2 Å². The lowest BCUT2D eigenvalue weighted by molar-refractivity contribution is 0.410. The summed E-state index contributed by atoms with van der Waals surface area (Å²) in [5.74, 6) is 3.03. The zero-order valence-corrected chi connectivity index (χ0v) is 13.4. The topological polar surface area (TPSA) is 50.3 Å². The molecule has 1 aromatic rings. The molecule has 5 nitrogen and oxygen atoms in total. The number of rotatable bonds is 9. The van der Waals surface area contributed by atoms with E-state index in [1.807, 2.05) is 0 Å². The Bertz CT molecular complexity index is 397. The van der Waals surface area contributed by atoms with Gasteiger partial charge in [0.15, 0.2) is 11.6 Å². The molecule has 0 aliphatic heterocycles. The summed E-state index contributed by atoms with van der Waals surface area (Å²) >= 11 is 0. The lowest BCUT2D eigenvalue weighted by Crippen LogP contribution is -2.29. The van der Waals surface area contributed by atoms with Crippen LogP contribution in [0.5, 0.6) is 5.75 Å². The third kappa shape index (κ3) is 4.25. The fourth-order valence-electron chi connectivity index (χ4n) is 2.02. The summed E-state index contributed by atoms with van der Waals surface area (Å²) in [6, 6.07) is 0. The minimum absolute atomic E-state index is 0.627. The highest BCUT2D eigenvalue weighted by Gasteiger charge is 2.18. The highest BCUT2D eigenvalue weighted by molar-refractivity contribution is 5.64. The molecule has 0 saturated carbocycles. The summed E-state index contributed by atoms with van der Waals surface area (Å²) in [4.78, 5) is 11.0. The van der Waals surface area contributed by atoms with E-state index in [2.05, 4.69) is 47.9 Å². The van der Waals surface area contributed by atoms with Gasteiger partial charge in [-0.05, 0) is 19.3 Å². The van der Waals surface area contributed by atoms with Crippen molar-refractivity contribution in [2.24, 2.45) is 5.92 Å². The molecule has 1 atom stereocenters. The number of nitrogens with zero attached hydrogens (tertiary/aromatic N) is 3. The van der Waals surface area contributed by atoms with Gasteiger partial charge < -0.3 is 15.0 Å². The lowest BCUT2D eigenvalue weighted by Gasteiger charge is -2.27. The van der Waals surface area contributed by atoms with Gasteiger partial charge in [0.2, 0.25) is 5.75 Å². The van der Waals surface area contributed by atoms with E-state index in [0.29, 0.717) is 5.92 Å². The minimum atomic E-state index is 0.627. The summed E-state index contributed by atoms with van der Waals surface area (Å²) < 4.78 is 5.54. The Morgan fingerprint density at radius 3 is 2.60 bits per heavy atom. The van der Waals surface area contributed by atoms with Gasteiger partial charge in [0.25, 0.3) is 0 Å². The molecule has 0 saturated heterocycles. The molecular formula is C15H28N4O. The van der Waals surface area contributed by atoms with E-state index >= 15 is 0 Å². The van der Waals surface area contributed by atoms with Crippen LogP contribution in [-0.2, 0) is 0 Å². The van der Waals surface area contributed by atoms with Crippen molar-refractivity contribution in [3.8, 4) is 5.75 Å². The molecule has 1 aromatic heterocycles. The molecule has 0 amide bonds. The van der Waals surface area contributed by atoms with E-state index in [9.17, 15) is 0 Å². The number of hydrogen-bond acceptors (Lipinski definition) is 5. The maximum atomic E-state index is 5.54. The molecule has 1 rings (SSSR count). The second kappa shape index (κ2) is 8.61. The first-order valence-electron chi connectivity index (χ1n) is 7.55. The van der Waals surface area contributed by atoms with Crippen LogP contribution in [-0.4, -0.2) is 36.7 Å².